The Kier molecular flexibility index (Phi) is 3.83. The van der Waals surface area contributed by atoms with Gasteiger partial charge in [-0.05, 0) is 42.7 Å². The molecule has 0 bridgehead atoms. The van der Waals surface area contributed by atoms with Crippen molar-refractivity contribution in [2.24, 2.45) is 0 Å². The molecule has 2 aromatic carbocycles. The van der Waals surface area contributed by atoms with E-state index in [-0.39, 0.29) is 17.8 Å². The number of halogens is 4. The summed E-state index contributed by atoms with van der Waals surface area (Å²) in [6.45, 7) is 0.218. The number of benzene rings is 2. The summed E-state index contributed by atoms with van der Waals surface area (Å²) in [7, 11) is 0. The second-order valence-corrected chi connectivity index (χ2v) is 5.69. The van der Waals surface area contributed by atoms with E-state index in [1.165, 1.54) is 12.1 Å². The van der Waals surface area contributed by atoms with Crippen LogP contribution in [-0.4, -0.2) is 12.5 Å². The van der Waals surface area contributed by atoms with Crippen LogP contribution in [0.25, 0.3) is 0 Å². The minimum Gasteiger partial charge on any atom is -0.351 e. The van der Waals surface area contributed by atoms with Crippen molar-refractivity contribution in [3.05, 3.63) is 70.8 Å². The molecule has 1 fully saturated rings. The average Bonchev–Trinajstić information content (AvgIpc) is 3.32. The van der Waals surface area contributed by atoms with Gasteiger partial charge in [-0.3, -0.25) is 4.79 Å². The summed E-state index contributed by atoms with van der Waals surface area (Å²) < 4.78 is 52.6. The molecule has 2 aromatic rings. The maximum atomic E-state index is 13.6. The maximum Gasteiger partial charge on any atom is 0.254 e. The van der Waals surface area contributed by atoms with Crippen molar-refractivity contribution in [3.63, 3.8) is 0 Å². The lowest BCUT2D eigenvalue weighted by molar-refractivity contribution is 0.0944. The number of carbonyl (C=O) groups is 1. The Morgan fingerprint density at radius 3 is 2.22 bits per heavy atom. The molecule has 0 radical (unpaired) electrons. The third-order valence-corrected chi connectivity index (χ3v) is 4.18. The van der Waals surface area contributed by atoms with Crippen LogP contribution in [0.1, 0.15) is 28.8 Å². The molecule has 1 saturated carbocycles. The smallest absolute Gasteiger partial charge is 0.254 e. The lowest BCUT2D eigenvalue weighted by Gasteiger charge is -2.17. The quantitative estimate of drug-likeness (QED) is 0.674. The van der Waals surface area contributed by atoms with Crippen LogP contribution in [0.3, 0.4) is 0 Å². The Morgan fingerprint density at radius 1 is 0.957 bits per heavy atom. The molecule has 2 nitrogen and oxygen atoms in total. The van der Waals surface area contributed by atoms with Crippen molar-refractivity contribution in [1.82, 2.24) is 5.32 Å². The predicted octanol–water partition coefficient (Wildman–Crippen LogP) is 3.70. The van der Waals surface area contributed by atoms with Gasteiger partial charge in [-0.2, -0.15) is 0 Å². The SMILES string of the molecule is O=C(NCC1(c2ccc(F)cc2)CC1)c1ccc(F)c(F)c1F. The first-order valence-electron chi connectivity index (χ1n) is 7.11. The number of amides is 1. The van der Waals surface area contributed by atoms with Crippen LogP contribution in [0.2, 0.25) is 0 Å². The zero-order valence-electron chi connectivity index (χ0n) is 12.0. The highest BCUT2D eigenvalue weighted by Gasteiger charge is 2.44. The van der Waals surface area contributed by atoms with E-state index >= 15 is 0 Å². The van der Waals surface area contributed by atoms with Gasteiger partial charge in [-0.25, -0.2) is 17.6 Å². The van der Waals surface area contributed by atoms with Gasteiger partial charge in [0.2, 0.25) is 0 Å². The first-order valence-corrected chi connectivity index (χ1v) is 7.11. The van der Waals surface area contributed by atoms with Crippen molar-refractivity contribution in [1.29, 1.82) is 0 Å². The minimum absolute atomic E-state index is 0.218. The van der Waals surface area contributed by atoms with Crippen LogP contribution in [0, 0.1) is 23.3 Å². The molecule has 0 aromatic heterocycles. The van der Waals surface area contributed by atoms with Gasteiger partial charge in [-0.15, -0.1) is 0 Å². The fourth-order valence-corrected chi connectivity index (χ4v) is 2.57. The molecule has 1 aliphatic carbocycles. The first-order chi connectivity index (χ1) is 10.9. The summed E-state index contributed by atoms with van der Waals surface area (Å²) in [4.78, 5) is 12.0. The highest BCUT2D eigenvalue weighted by molar-refractivity contribution is 5.94. The van der Waals surface area contributed by atoms with Crippen molar-refractivity contribution in [3.8, 4) is 0 Å². The average molecular weight is 323 g/mol. The summed E-state index contributed by atoms with van der Waals surface area (Å²) in [5.74, 6) is -5.68. The van der Waals surface area contributed by atoms with Gasteiger partial charge in [0, 0.05) is 12.0 Å². The van der Waals surface area contributed by atoms with Gasteiger partial charge in [0.25, 0.3) is 5.91 Å². The molecule has 0 unspecified atom stereocenters. The Hall–Kier alpha value is -2.37. The summed E-state index contributed by atoms with van der Waals surface area (Å²) >= 11 is 0. The molecule has 0 atom stereocenters. The molecule has 3 rings (SSSR count). The summed E-state index contributed by atoms with van der Waals surface area (Å²) in [6, 6.07) is 7.58. The number of hydrogen-bond acceptors (Lipinski definition) is 1. The third-order valence-electron chi connectivity index (χ3n) is 4.18. The van der Waals surface area contributed by atoms with Gasteiger partial charge >= 0.3 is 0 Å². The predicted molar refractivity (Wildman–Crippen MR) is 76.0 cm³/mol. The Labute approximate surface area is 130 Å². The summed E-state index contributed by atoms with van der Waals surface area (Å²) in [5, 5.41) is 2.54. The molecule has 0 spiro atoms. The van der Waals surface area contributed by atoms with E-state index in [0.717, 1.165) is 24.5 Å². The van der Waals surface area contributed by atoms with E-state index in [0.29, 0.717) is 6.07 Å². The number of rotatable bonds is 4. The zero-order valence-corrected chi connectivity index (χ0v) is 12.0. The second kappa shape index (κ2) is 5.68. The fourth-order valence-electron chi connectivity index (χ4n) is 2.57. The van der Waals surface area contributed by atoms with Crippen LogP contribution in [0.15, 0.2) is 36.4 Å². The standard InChI is InChI=1S/C17H13F4NO/c18-11-3-1-10(2-4-11)17(7-8-17)9-22-16(23)12-5-6-13(19)15(21)14(12)20/h1-6H,7-9H2,(H,22,23). The lowest BCUT2D eigenvalue weighted by Crippen LogP contribution is -2.33. The molecule has 0 saturated heterocycles. The van der Waals surface area contributed by atoms with E-state index in [2.05, 4.69) is 5.32 Å². The van der Waals surface area contributed by atoms with Gasteiger partial charge in [0.1, 0.15) is 5.82 Å². The largest absolute Gasteiger partial charge is 0.351 e. The topological polar surface area (TPSA) is 29.1 Å². The molecule has 1 amide bonds. The maximum absolute atomic E-state index is 13.6. The Balaban J connectivity index is 1.72. The highest BCUT2D eigenvalue weighted by Crippen LogP contribution is 2.47. The first kappa shape index (κ1) is 15.5. The summed E-state index contributed by atoms with van der Waals surface area (Å²) in [5.41, 5.74) is 0.0297. The minimum atomic E-state index is -1.67. The molecule has 6 heteroatoms. The molecule has 1 aliphatic rings. The third kappa shape index (κ3) is 2.93. The molecule has 23 heavy (non-hydrogen) atoms. The monoisotopic (exact) mass is 323 g/mol. The Morgan fingerprint density at radius 2 is 1.61 bits per heavy atom. The van der Waals surface area contributed by atoms with E-state index in [4.69, 9.17) is 0 Å². The van der Waals surface area contributed by atoms with E-state index < -0.39 is 28.9 Å². The molecule has 0 aliphatic heterocycles. The van der Waals surface area contributed by atoms with Crippen LogP contribution in [-0.2, 0) is 5.41 Å². The number of nitrogens with one attached hydrogen (secondary N) is 1. The van der Waals surface area contributed by atoms with Crippen molar-refractivity contribution >= 4 is 5.91 Å². The fraction of sp³-hybridized carbons (Fsp3) is 0.235. The summed E-state index contributed by atoms with van der Waals surface area (Å²) in [6.07, 6.45) is 1.61. The van der Waals surface area contributed by atoms with E-state index in [1.54, 1.807) is 12.1 Å². The lowest BCUT2D eigenvalue weighted by atomic mass is 9.96. The zero-order chi connectivity index (χ0) is 16.6. The van der Waals surface area contributed by atoms with Gasteiger partial charge in [0.05, 0.1) is 5.56 Å². The number of carbonyl (C=O) groups excluding carboxylic acids is 1. The van der Waals surface area contributed by atoms with Gasteiger partial charge in [-0.1, -0.05) is 12.1 Å². The van der Waals surface area contributed by atoms with Crippen LogP contribution < -0.4 is 5.32 Å². The van der Waals surface area contributed by atoms with Crippen molar-refractivity contribution in [2.45, 2.75) is 18.3 Å². The second-order valence-electron chi connectivity index (χ2n) is 5.69. The molecular formula is C17H13F4NO. The van der Waals surface area contributed by atoms with E-state index in [1.807, 2.05) is 0 Å². The van der Waals surface area contributed by atoms with Crippen molar-refractivity contribution in [2.75, 3.05) is 6.54 Å². The van der Waals surface area contributed by atoms with Crippen LogP contribution in [0.4, 0.5) is 17.6 Å². The van der Waals surface area contributed by atoms with Gasteiger partial charge < -0.3 is 5.32 Å². The van der Waals surface area contributed by atoms with Gasteiger partial charge in [0.15, 0.2) is 17.5 Å². The highest BCUT2D eigenvalue weighted by atomic mass is 19.2. The van der Waals surface area contributed by atoms with Crippen LogP contribution in [0.5, 0.6) is 0 Å². The molecule has 1 N–H and O–H groups in total. The normalized spacial score (nSPS) is 15.3. The Bertz CT molecular complexity index is 754. The molecule has 120 valence electrons. The molecular weight excluding hydrogens is 310 g/mol. The van der Waals surface area contributed by atoms with Crippen LogP contribution >= 0.6 is 0 Å². The van der Waals surface area contributed by atoms with E-state index in [9.17, 15) is 22.4 Å². The number of hydrogen-bond donors (Lipinski definition) is 1. The molecule has 0 heterocycles. The van der Waals surface area contributed by atoms with Crippen molar-refractivity contribution < 1.29 is 22.4 Å².